The molecule has 62 valence electrons. The summed E-state index contributed by atoms with van der Waals surface area (Å²) in [6.07, 6.45) is 0. The molecule has 1 atom stereocenters. The molecule has 13 heavy (non-hydrogen) atoms. The van der Waals surface area contributed by atoms with Crippen molar-refractivity contribution in [2.45, 2.75) is 5.16 Å². The fourth-order valence-electron chi connectivity index (χ4n) is 1.01. The fraction of sp³-hybridized carbons (Fsp3) is 0. The van der Waals surface area contributed by atoms with Crippen molar-refractivity contribution in [2.75, 3.05) is 0 Å². The topological polar surface area (TPSA) is 68.8 Å². The molecule has 1 aromatic heterocycles. The van der Waals surface area contributed by atoms with Gasteiger partial charge in [-0.25, -0.2) is 4.98 Å². The number of benzene rings is 1. The summed E-state index contributed by atoms with van der Waals surface area (Å²) in [4.78, 5) is 6.52. The summed E-state index contributed by atoms with van der Waals surface area (Å²) in [5, 5.41) is -0.0174. The van der Waals surface area contributed by atoms with E-state index < -0.39 is 11.1 Å². The average Bonchev–Trinajstić information content (AvgIpc) is 2.46. The van der Waals surface area contributed by atoms with Crippen molar-refractivity contribution in [2.24, 2.45) is 0 Å². The summed E-state index contributed by atoms with van der Waals surface area (Å²) in [5.74, 6) is 0. The minimum atomic E-state index is -2.28. The number of para-hydroxylation sites is 2. The summed E-state index contributed by atoms with van der Waals surface area (Å²) in [6, 6.07) is 7.15. The maximum Gasteiger partial charge on any atom is 1.00 e. The van der Waals surface area contributed by atoms with Crippen LogP contribution in [-0.2, 0) is 11.1 Å². The van der Waals surface area contributed by atoms with E-state index in [4.69, 9.17) is 0 Å². The van der Waals surface area contributed by atoms with Crippen LogP contribution in [0.5, 0.6) is 0 Å². The molecule has 2 rings (SSSR count). The fourth-order valence-corrected chi connectivity index (χ4v) is 1.37. The smallest absolute Gasteiger partial charge is 0.766 e. The molecular formula is C7H5N2NaO2S. The van der Waals surface area contributed by atoms with Gasteiger partial charge in [-0.05, 0) is 12.1 Å². The number of rotatable bonds is 1. The molecule has 0 aliphatic rings. The number of fused-ring (bicyclic) bond motifs is 1. The SMILES string of the molecule is O=S([O-])c1nc2ccccc2[nH]1.[Na+]. The van der Waals surface area contributed by atoms with E-state index in [0.29, 0.717) is 5.52 Å². The molecule has 0 bridgehead atoms. The molecule has 0 saturated carbocycles. The molecule has 0 fully saturated rings. The Balaban J connectivity index is 0.000000845. The molecular weight excluding hydrogens is 199 g/mol. The van der Waals surface area contributed by atoms with Crippen LogP contribution in [0.4, 0.5) is 0 Å². The average molecular weight is 204 g/mol. The van der Waals surface area contributed by atoms with Crippen LogP contribution in [0.1, 0.15) is 0 Å². The molecule has 0 saturated heterocycles. The second-order valence-corrected chi connectivity index (χ2v) is 3.15. The molecule has 6 heteroatoms. The summed E-state index contributed by atoms with van der Waals surface area (Å²) in [7, 11) is 0. The van der Waals surface area contributed by atoms with Gasteiger partial charge in [-0.1, -0.05) is 12.1 Å². The molecule has 0 radical (unpaired) electrons. The Morgan fingerprint density at radius 1 is 1.38 bits per heavy atom. The zero-order valence-electron chi connectivity index (χ0n) is 6.98. The number of imidazole rings is 1. The number of hydrogen-bond donors (Lipinski definition) is 1. The van der Waals surface area contributed by atoms with E-state index in [1.54, 1.807) is 18.2 Å². The molecule has 2 aromatic rings. The molecule has 4 nitrogen and oxygen atoms in total. The van der Waals surface area contributed by atoms with Gasteiger partial charge in [0.25, 0.3) is 0 Å². The maximum absolute atomic E-state index is 10.5. The van der Waals surface area contributed by atoms with Gasteiger partial charge in [0.1, 0.15) is 0 Å². The van der Waals surface area contributed by atoms with Crippen LogP contribution in [0.25, 0.3) is 11.0 Å². The van der Waals surface area contributed by atoms with Crippen molar-refractivity contribution in [3.8, 4) is 0 Å². The van der Waals surface area contributed by atoms with Crippen molar-refractivity contribution in [3.63, 3.8) is 0 Å². The Morgan fingerprint density at radius 3 is 2.69 bits per heavy atom. The number of nitrogens with zero attached hydrogens (tertiary/aromatic N) is 1. The zero-order chi connectivity index (χ0) is 8.55. The molecule has 1 aromatic carbocycles. The summed E-state index contributed by atoms with van der Waals surface area (Å²) >= 11 is -2.28. The van der Waals surface area contributed by atoms with E-state index >= 15 is 0 Å². The van der Waals surface area contributed by atoms with Gasteiger partial charge in [-0.2, -0.15) is 0 Å². The molecule has 0 aliphatic carbocycles. The molecule has 1 heterocycles. The Morgan fingerprint density at radius 2 is 2.08 bits per heavy atom. The third-order valence-electron chi connectivity index (χ3n) is 1.53. The monoisotopic (exact) mass is 204 g/mol. The van der Waals surface area contributed by atoms with Gasteiger partial charge in [0, 0.05) is 11.1 Å². The van der Waals surface area contributed by atoms with E-state index in [9.17, 15) is 8.76 Å². The number of hydrogen-bond acceptors (Lipinski definition) is 3. The normalized spacial score (nSPS) is 12.4. The van der Waals surface area contributed by atoms with Gasteiger partial charge in [-0.15, -0.1) is 0 Å². The molecule has 0 aliphatic heterocycles. The first-order chi connectivity index (χ1) is 5.77. The Hall–Kier alpha value is -0.200. The minimum Gasteiger partial charge on any atom is -0.766 e. The quantitative estimate of drug-likeness (QED) is 0.423. The van der Waals surface area contributed by atoms with Crippen molar-refractivity contribution < 1.29 is 38.3 Å². The largest absolute Gasteiger partial charge is 1.00 e. The van der Waals surface area contributed by atoms with Gasteiger partial charge in [0.15, 0.2) is 5.16 Å². The third-order valence-corrected chi connectivity index (χ3v) is 2.03. The van der Waals surface area contributed by atoms with Gasteiger partial charge in [0.2, 0.25) is 0 Å². The van der Waals surface area contributed by atoms with E-state index in [2.05, 4.69) is 9.97 Å². The molecule has 1 N–H and O–H groups in total. The minimum absolute atomic E-state index is 0. The number of aromatic amines is 1. The predicted molar refractivity (Wildman–Crippen MR) is 43.3 cm³/mol. The van der Waals surface area contributed by atoms with E-state index in [1.807, 2.05) is 6.07 Å². The van der Waals surface area contributed by atoms with Gasteiger partial charge >= 0.3 is 29.6 Å². The Labute approximate surface area is 99.3 Å². The van der Waals surface area contributed by atoms with Crippen LogP contribution in [-0.4, -0.2) is 18.7 Å². The van der Waals surface area contributed by atoms with Crippen LogP contribution < -0.4 is 29.6 Å². The van der Waals surface area contributed by atoms with E-state index in [0.717, 1.165) is 5.52 Å². The Bertz CT molecular complexity index is 410. The van der Waals surface area contributed by atoms with Crippen molar-refractivity contribution in [1.29, 1.82) is 0 Å². The first-order valence-electron chi connectivity index (χ1n) is 3.31. The summed E-state index contributed by atoms with van der Waals surface area (Å²) < 4.78 is 21.0. The summed E-state index contributed by atoms with van der Waals surface area (Å²) in [6.45, 7) is 0. The van der Waals surface area contributed by atoms with Crippen LogP contribution in [0.2, 0.25) is 0 Å². The van der Waals surface area contributed by atoms with Crippen LogP contribution in [0, 0.1) is 0 Å². The first kappa shape index (κ1) is 10.9. The van der Waals surface area contributed by atoms with Gasteiger partial charge < -0.3 is 9.54 Å². The number of aromatic nitrogens is 2. The van der Waals surface area contributed by atoms with Gasteiger partial charge in [-0.3, -0.25) is 4.21 Å². The maximum atomic E-state index is 10.5. The van der Waals surface area contributed by atoms with Crippen molar-refractivity contribution >= 4 is 22.1 Å². The third kappa shape index (κ3) is 2.18. The van der Waals surface area contributed by atoms with Gasteiger partial charge in [0.05, 0.1) is 11.0 Å². The second kappa shape index (κ2) is 4.34. The van der Waals surface area contributed by atoms with Crippen LogP contribution >= 0.6 is 0 Å². The standard InChI is InChI=1S/C7H6N2O2S.Na/c10-12(11)7-8-5-3-1-2-4-6(5)9-7;/h1-4H,(H,8,9)(H,10,11);/q;+1/p-1. The Kier molecular flexibility index (Phi) is 3.63. The molecule has 0 spiro atoms. The molecule has 1 unspecified atom stereocenters. The van der Waals surface area contributed by atoms with E-state index in [1.165, 1.54) is 0 Å². The van der Waals surface area contributed by atoms with Crippen LogP contribution in [0.15, 0.2) is 29.4 Å². The van der Waals surface area contributed by atoms with Crippen molar-refractivity contribution in [3.05, 3.63) is 24.3 Å². The van der Waals surface area contributed by atoms with Crippen molar-refractivity contribution in [1.82, 2.24) is 9.97 Å². The summed E-state index contributed by atoms with van der Waals surface area (Å²) in [5.41, 5.74) is 1.40. The van der Waals surface area contributed by atoms with Crippen LogP contribution in [0.3, 0.4) is 0 Å². The first-order valence-corrected chi connectivity index (χ1v) is 4.39. The molecule has 0 amide bonds. The number of nitrogens with one attached hydrogen (secondary N) is 1. The predicted octanol–water partition coefficient (Wildman–Crippen LogP) is -2.20. The second-order valence-electron chi connectivity index (χ2n) is 2.29. The zero-order valence-corrected chi connectivity index (χ0v) is 9.80. The van der Waals surface area contributed by atoms with E-state index in [-0.39, 0.29) is 34.7 Å². The number of H-pyrrole nitrogens is 1.